The van der Waals surface area contributed by atoms with Crippen molar-refractivity contribution in [2.24, 2.45) is 0 Å². The zero-order valence-electron chi connectivity index (χ0n) is 10.7. The van der Waals surface area contributed by atoms with Crippen LogP contribution in [0, 0.1) is 0 Å². The third kappa shape index (κ3) is 3.11. The molecule has 1 rings (SSSR count). The molecule has 0 aromatic carbocycles. The van der Waals surface area contributed by atoms with Crippen molar-refractivity contribution in [3.63, 3.8) is 0 Å². The molecule has 2 atom stereocenters. The van der Waals surface area contributed by atoms with E-state index in [9.17, 15) is 19.8 Å². The highest BCUT2D eigenvalue weighted by atomic mass is 16.6. The molecular formula is C11H19NO6. The van der Waals surface area contributed by atoms with Crippen molar-refractivity contribution in [2.45, 2.75) is 44.5 Å². The van der Waals surface area contributed by atoms with Gasteiger partial charge in [0.1, 0.15) is 5.60 Å². The monoisotopic (exact) mass is 261 g/mol. The number of carbonyl (C=O) groups excluding carboxylic acids is 1. The maximum Gasteiger partial charge on any atom is 0.410 e. The molecule has 0 aromatic heterocycles. The smallest absolute Gasteiger partial charge is 0.410 e. The first-order valence-corrected chi connectivity index (χ1v) is 5.68. The molecule has 1 aliphatic heterocycles. The minimum absolute atomic E-state index is 0.0119. The van der Waals surface area contributed by atoms with Gasteiger partial charge in [-0.3, -0.25) is 0 Å². The Kier molecular flexibility index (Phi) is 3.87. The Morgan fingerprint density at radius 2 is 1.94 bits per heavy atom. The number of hydrogen-bond donors (Lipinski definition) is 3. The van der Waals surface area contributed by atoms with Gasteiger partial charge < -0.3 is 25.0 Å². The first-order chi connectivity index (χ1) is 8.06. The minimum atomic E-state index is -2.34. The average Bonchev–Trinajstić information content (AvgIpc) is 2.19. The molecule has 1 fully saturated rings. The number of aliphatic hydroxyl groups is 2. The van der Waals surface area contributed by atoms with Crippen molar-refractivity contribution in [1.82, 2.24) is 4.90 Å². The van der Waals surface area contributed by atoms with E-state index in [1.807, 2.05) is 0 Å². The van der Waals surface area contributed by atoms with Crippen LogP contribution in [0.5, 0.6) is 0 Å². The Labute approximate surface area is 105 Å². The largest absolute Gasteiger partial charge is 0.479 e. The Balaban J connectivity index is 2.77. The molecule has 7 heteroatoms. The Morgan fingerprint density at radius 1 is 1.39 bits per heavy atom. The van der Waals surface area contributed by atoms with E-state index in [-0.39, 0.29) is 13.0 Å². The fourth-order valence-electron chi connectivity index (χ4n) is 1.68. The second-order valence-electron chi connectivity index (χ2n) is 5.44. The zero-order chi connectivity index (χ0) is 14.1. The lowest BCUT2D eigenvalue weighted by atomic mass is 9.90. The number of aliphatic carboxylic acids is 1. The highest BCUT2D eigenvalue weighted by Crippen LogP contribution is 2.23. The van der Waals surface area contributed by atoms with Gasteiger partial charge in [-0.2, -0.15) is 0 Å². The van der Waals surface area contributed by atoms with Crippen molar-refractivity contribution >= 4 is 12.1 Å². The van der Waals surface area contributed by atoms with Crippen LogP contribution in [0.1, 0.15) is 27.2 Å². The van der Waals surface area contributed by atoms with Gasteiger partial charge in [-0.25, -0.2) is 9.59 Å². The van der Waals surface area contributed by atoms with Gasteiger partial charge in [-0.05, 0) is 27.2 Å². The van der Waals surface area contributed by atoms with Crippen molar-refractivity contribution in [1.29, 1.82) is 0 Å². The molecule has 0 bridgehead atoms. The number of piperidine rings is 1. The fourth-order valence-corrected chi connectivity index (χ4v) is 1.68. The van der Waals surface area contributed by atoms with Gasteiger partial charge in [0.05, 0.1) is 12.6 Å². The Bertz CT molecular complexity index is 350. The molecule has 0 saturated carbocycles. The summed E-state index contributed by atoms with van der Waals surface area (Å²) in [5, 5.41) is 28.3. The quantitative estimate of drug-likeness (QED) is 0.603. The number of carboxylic acid groups (broad SMARTS) is 1. The highest BCUT2D eigenvalue weighted by Gasteiger charge is 2.49. The summed E-state index contributed by atoms with van der Waals surface area (Å²) in [6.45, 7) is 4.72. The summed E-state index contributed by atoms with van der Waals surface area (Å²) in [5.74, 6) is -1.55. The summed E-state index contributed by atoms with van der Waals surface area (Å²) in [7, 11) is 0. The maximum atomic E-state index is 11.7. The number of aliphatic hydroxyl groups excluding tert-OH is 1. The van der Waals surface area contributed by atoms with Gasteiger partial charge in [0, 0.05) is 6.54 Å². The number of hydrogen-bond acceptors (Lipinski definition) is 5. The molecule has 1 amide bonds. The third-order valence-corrected chi connectivity index (χ3v) is 2.68. The zero-order valence-corrected chi connectivity index (χ0v) is 10.7. The van der Waals surface area contributed by atoms with Crippen LogP contribution in [0.3, 0.4) is 0 Å². The molecule has 0 unspecified atom stereocenters. The van der Waals surface area contributed by atoms with Crippen LogP contribution in [0.25, 0.3) is 0 Å². The summed E-state index contributed by atoms with van der Waals surface area (Å²) < 4.78 is 5.09. The molecule has 0 spiro atoms. The van der Waals surface area contributed by atoms with E-state index in [0.717, 1.165) is 4.90 Å². The van der Waals surface area contributed by atoms with E-state index >= 15 is 0 Å². The maximum absolute atomic E-state index is 11.7. The normalized spacial score (nSPS) is 28.9. The predicted molar refractivity (Wildman–Crippen MR) is 61.0 cm³/mol. The first kappa shape index (κ1) is 14.7. The van der Waals surface area contributed by atoms with Crippen molar-refractivity contribution < 1.29 is 29.6 Å². The van der Waals surface area contributed by atoms with Crippen LogP contribution in [0.15, 0.2) is 0 Å². The number of likely N-dealkylation sites (tertiary alicyclic amines) is 1. The molecule has 7 nitrogen and oxygen atoms in total. The number of rotatable bonds is 1. The molecule has 0 aromatic rings. The van der Waals surface area contributed by atoms with Gasteiger partial charge in [-0.1, -0.05) is 0 Å². The van der Waals surface area contributed by atoms with Crippen LogP contribution in [0.2, 0.25) is 0 Å². The molecule has 1 saturated heterocycles. The molecule has 0 radical (unpaired) electrons. The number of carboxylic acids is 1. The van der Waals surface area contributed by atoms with E-state index in [1.54, 1.807) is 20.8 Å². The fraction of sp³-hybridized carbons (Fsp3) is 0.818. The standard InChI is InChI=1S/C11H19NO6/c1-10(2,3)18-9(16)12-5-4-7(13)11(17,6-12)8(14)15/h7,13,17H,4-6H2,1-3H3,(H,14,15)/t7-,11+/m0/s1. The second-order valence-corrected chi connectivity index (χ2v) is 5.44. The molecule has 3 N–H and O–H groups in total. The summed E-state index contributed by atoms with van der Waals surface area (Å²) in [6.07, 6.45) is -2.11. The van der Waals surface area contributed by atoms with E-state index in [4.69, 9.17) is 9.84 Å². The molecule has 0 aliphatic carbocycles. The van der Waals surface area contributed by atoms with Gasteiger partial charge in [0.15, 0.2) is 0 Å². The van der Waals surface area contributed by atoms with Gasteiger partial charge >= 0.3 is 12.1 Å². The number of carbonyl (C=O) groups is 2. The lowest BCUT2D eigenvalue weighted by Crippen LogP contribution is -2.62. The first-order valence-electron chi connectivity index (χ1n) is 5.68. The number of amides is 1. The molecular weight excluding hydrogens is 242 g/mol. The molecule has 1 aliphatic rings. The van der Waals surface area contributed by atoms with Crippen LogP contribution in [-0.2, 0) is 9.53 Å². The van der Waals surface area contributed by atoms with Crippen LogP contribution >= 0.6 is 0 Å². The molecule has 104 valence electrons. The number of ether oxygens (including phenoxy) is 1. The van der Waals surface area contributed by atoms with Crippen molar-refractivity contribution in [2.75, 3.05) is 13.1 Å². The lowest BCUT2D eigenvalue weighted by Gasteiger charge is -2.39. The van der Waals surface area contributed by atoms with E-state index < -0.39 is 35.9 Å². The van der Waals surface area contributed by atoms with Crippen LogP contribution < -0.4 is 0 Å². The Morgan fingerprint density at radius 3 is 2.39 bits per heavy atom. The lowest BCUT2D eigenvalue weighted by molar-refractivity contribution is -0.180. The topological polar surface area (TPSA) is 107 Å². The third-order valence-electron chi connectivity index (χ3n) is 2.68. The Hall–Kier alpha value is -1.34. The van der Waals surface area contributed by atoms with Crippen LogP contribution in [-0.4, -0.2) is 62.7 Å². The molecule has 18 heavy (non-hydrogen) atoms. The van der Waals surface area contributed by atoms with E-state index in [2.05, 4.69) is 0 Å². The van der Waals surface area contributed by atoms with Crippen LogP contribution in [0.4, 0.5) is 4.79 Å². The second kappa shape index (κ2) is 4.74. The number of nitrogens with zero attached hydrogens (tertiary/aromatic N) is 1. The van der Waals surface area contributed by atoms with Gasteiger partial charge in [0.2, 0.25) is 5.60 Å². The van der Waals surface area contributed by atoms with Gasteiger partial charge in [0.25, 0.3) is 0 Å². The highest BCUT2D eigenvalue weighted by molar-refractivity contribution is 5.80. The SMILES string of the molecule is CC(C)(C)OC(=O)N1CC[C@H](O)[C@@](O)(C(=O)O)C1. The summed E-state index contributed by atoms with van der Waals surface area (Å²) >= 11 is 0. The predicted octanol–water partition coefficient (Wildman–Crippen LogP) is -0.196. The summed E-state index contributed by atoms with van der Waals surface area (Å²) in [4.78, 5) is 23.8. The molecule has 1 heterocycles. The minimum Gasteiger partial charge on any atom is -0.479 e. The van der Waals surface area contributed by atoms with E-state index in [1.165, 1.54) is 0 Å². The van der Waals surface area contributed by atoms with E-state index in [0.29, 0.717) is 0 Å². The van der Waals surface area contributed by atoms with Crippen molar-refractivity contribution in [3.05, 3.63) is 0 Å². The average molecular weight is 261 g/mol. The number of β-amino-alcohol motifs (C(OH)–C–C–N with tert-alkyl or cyclic N) is 1. The summed E-state index contributed by atoms with van der Waals surface area (Å²) in [6, 6.07) is 0. The van der Waals surface area contributed by atoms with Gasteiger partial charge in [-0.15, -0.1) is 0 Å². The summed E-state index contributed by atoms with van der Waals surface area (Å²) in [5.41, 5.74) is -3.04. The van der Waals surface area contributed by atoms with Crippen molar-refractivity contribution in [3.8, 4) is 0 Å².